The number of benzene rings is 12. The van der Waals surface area contributed by atoms with E-state index in [-0.39, 0.29) is 14.5 Å². The molecular weight excluding hydrogens is 848 g/mol. The molecule has 0 radical (unpaired) electrons. The second kappa shape index (κ2) is 15.5. The van der Waals surface area contributed by atoms with Crippen molar-refractivity contribution in [1.29, 1.82) is 0 Å². The molecule has 0 nitrogen and oxygen atoms in total. The van der Waals surface area contributed by atoms with Crippen LogP contribution in [0, 0.1) is 0 Å². The quantitative estimate of drug-likeness (QED) is 0.115. The molecule has 0 amide bonds. The van der Waals surface area contributed by atoms with Crippen molar-refractivity contribution in [1.82, 2.24) is 0 Å². The molecule has 0 N–H and O–H groups in total. The van der Waals surface area contributed by atoms with Crippen molar-refractivity contribution >= 4 is 76.9 Å². The zero-order valence-electron chi connectivity index (χ0n) is 35.5. The molecule has 0 spiro atoms. The van der Waals surface area contributed by atoms with Crippen LogP contribution in [0.2, 0.25) is 0 Å². The summed E-state index contributed by atoms with van der Waals surface area (Å²) in [6.45, 7) is 0. The molecule has 0 saturated heterocycles. The Balaban J connectivity index is 1.04. The SMILES string of the molecule is c1ccc(-c2cc(-c3ccccc3)cc(-c3c4ccccc4c(-c4cccc5c4[se]c4ccc(-c6c7ccccc7c(-c7ccccc7)c7ccccc67)cc45)c4ccccc34)c2)cc1. The first-order valence-corrected chi connectivity index (χ1v) is 24.1. The van der Waals surface area contributed by atoms with Gasteiger partial charge in [-0.3, -0.25) is 0 Å². The van der Waals surface area contributed by atoms with Gasteiger partial charge in [-0.15, -0.1) is 0 Å². The van der Waals surface area contributed by atoms with Crippen LogP contribution in [0.1, 0.15) is 0 Å². The molecule has 0 fully saturated rings. The summed E-state index contributed by atoms with van der Waals surface area (Å²) in [6, 6.07) is 90.2. The van der Waals surface area contributed by atoms with Crippen molar-refractivity contribution in [2.45, 2.75) is 0 Å². The topological polar surface area (TPSA) is 0 Å². The van der Waals surface area contributed by atoms with Crippen LogP contribution in [-0.2, 0) is 0 Å². The van der Waals surface area contributed by atoms with Gasteiger partial charge in [-0.2, -0.15) is 0 Å². The molecule has 1 aromatic heterocycles. The van der Waals surface area contributed by atoms with Crippen LogP contribution in [0.15, 0.2) is 243 Å². The fourth-order valence-electron chi connectivity index (χ4n) is 10.6. The monoisotopic (exact) mass is 888 g/mol. The maximum atomic E-state index is 2.49. The summed E-state index contributed by atoms with van der Waals surface area (Å²) < 4.78 is 2.90. The molecule has 13 rings (SSSR count). The van der Waals surface area contributed by atoms with E-state index in [1.54, 1.807) is 0 Å². The van der Waals surface area contributed by atoms with Gasteiger partial charge in [-0.25, -0.2) is 0 Å². The van der Waals surface area contributed by atoms with E-state index in [4.69, 9.17) is 0 Å². The number of hydrogen-bond acceptors (Lipinski definition) is 0. The van der Waals surface area contributed by atoms with Crippen molar-refractivity contribution in [3.05, 3.63) is 243 Å². The zero-order chi connectivity index (χ0) is 42.8. The molecule has 12 aromatic carbocycles. The predicted octanol–water partition coefficient (Wildman–Crippen LogP) is 17.7. The fourth-order valence-corrected chi connectivity index (χ4v) is 13.1. The minimum absolute atomic E-state index is 0.122. The average Bonchev–Trinajstić information content (AvgIpc) is 3.76. The van der Waals surface area contributed by atoms with Gasteiger partial charge in [-0.1, -0.05) is 12.1 Å². The second-order valence-electron chi connectivity index (χ2n) is 17.1. The molecule has 0 aliphatic rings. The van der Waals surface area contributed by atoms with Gasteiger partial charge in [0.05, 0.1) is 0 Å². The summed E-state index contributed by atoms with van der Waals surface area (Å²) in [6.07, 6.45) is 0. The molecule has 0 aliphatic carbocycles. The third-order valence-corrected chi connectivity index (χ3v) is 16.0. The normalized spacial score (nSPS) is 11.7. The minimum atomic E-state index is 0.122. The van der Waals surface area contributed by atoms with Crippen molar-refractivity contribution in [3.8, 4) is 66.8 Å². The van der Waals surface area contributed by atoms with E-state index < -0.39 is 0 Å². The first-order chi connectivity index (χ1) is 32.3. The van der Waals surface area contributed by atoms with Gasteiger partial charge in [0, 0.05) is 0 Å². The first-order valence-electron chi connectivity index (χ1n) is 22.4. The summed E-state index contributed by atoms with van der Waals surface area (Å²) in [7, 11) is 0. The van der Waals surface area contributed by atoms with Crippen LogP contribution in [0.5, 0.6) is 0 Å². The van der Waals surface area contributed by atoms with Crippen LogP contribution < -0.4 is 0 Å². The van der Waals surface area contributed by atoms with Crippen LogP contribution in [-0.4, -0.2) is 14.5 Å². The Kier molecular flexibility index (Phi) is 8.98. The van der Waals surface area contributed by atoms with E-state index in [2.05, 4.69) is 243 Å². The summed E-state index contributed by atoms with van der Waals surface area (Å²) in [4.78, 5) is 0. The van der Waals surface area contributed by atoms with Gasteiger partial charge >= 0.3 is 374 Å². The molecule has 13 aromatic rings. The zero-order valence-corrected chi connectivity index (χ0v) is 37.2. The summed E-state index contributed by atoms with van der Waals surface area (Å²) >= 11 is 0.122. The van der Waals surface area contributed by atoms with Gasteiger partial charge < -0.3 is 0 Å². The second-order valence-corrected chi connectivity index (χ2v) is 19.3. The molecule has 302 valence electrons. The number of rotatable bonds is 6. The molecule has 65 heavy (non-hydrogen) atoms. The third-order valence-electron chi connectivity index (χ3n) is 13.4. The van der Waals surface area contributed by atoms with E-state index >= 15 is 0 Å². The third kappa shape index (κ3) is 6.20. The number of fused-ring (bicyclic) bond motifs is 7. The molecule has 1 heterocycles. The Hall–Kier alpha value is -7.80. The van der Waals surface area contributed by atoms with Gasteiger partial charge in [0.15, 0.2) is 0 Å². The van der Waals surface area contributed by atoms with Gasteiger partial charge in [-0.05, 0) is 0 Å². The summed E-state index contributed by atoms with van der Waals surface area (Å²) in [5.41, 5.74) is 15.1. The van der Waals surface area contributed by atoms with Gasteiger partial charge in [0.1, 0.15) is 0 Å². The molecule has 0 unspecified atom stereocenters. The summed E-state index contributed by atoms with van der Waals surface area (Å²) in [5.74, 6) is 0. The molecule has 0 saturated carbocycles. The van der Waals surface area contributed by atoms with E-state index in [1.165, 1.54) is 129 Å². The number of hydrogen-bond donors (Lipinski definition) is 0. The Bertz CT molecular complexity index is 3800. The van der Waals surface area contributed by atoms with Crippen LogP contribution >= 0.6 is 0 Å². The molecule has 0 aliphatic heterocycles. The average molecular weight is 888 g/mol. The first kappa shape index (κ1) is 37.7. The van der Waals surface area contributed by atoms with Gasteiger partial charge in [0.25, 0.3) is 0 Å². The van der Waals surface area contributed by atoms with Crippen LogP contribution in [0.3, 0.4) is 0 Å². The Morgan fingerprint density at radius 1 is 0.200 bits per heavy atom. The van der Waals surface area contributed by atoms with Crippen molar-refractivity contribution in [3.63, 3.8) is 0 Å². The Labute approximate surface area is 384 Å². The van der Waals surface area contributed by atoms with Crippen LogP contribution in [0.25, 0.3) is 129 Å². The molecule has 0 bridgehead atoms. The van der Waals surface area contributed by atoms with E-state index in [1.807, 2.05) is 0 Å². The standard InChI is InChI=1S/C64H40Se/c1-4-19-41(20-5-1)45-37-46(42-21-6-2-7-22-42)39-47(38-45)62-52-29-14-16-31-54(52)63(55-32-17-15-30-53(55)62)57-34-18-33-56-58-40-44(35-36-59(58)65-64(56)57)61-50-27-12-10-25-48(50)60(43-23-8-3-9-24-43)49-26-11-13-28-51(49)61/h1-40H. The van der Waals surface area contributed by atoms with Crippen molar-refractivity contribution in [2.24, 2.45) is 0 Å². The van der Waals surface area contributed by atoms with E-state index in [0.717, 1.165) is 0 Å². The molecule has 1 heteroatoms. The fraction of sp³-hybridized carbons (Fsp3) is 0. The predicted molar refractivity (Wildman–Crippen MR) is 281 cm³/mol. The Morgan fingerprint density at radius 2 is 0.569 bits per heavy atom. The van der Waals surface area contributed by atoms with Gasteiger partial charge in [0.2, 0.25) is 0 Å². The van der Waals surface area contributed by atoms with Crippen molar-refractivity contribution in [2.75, 3.05) is 0 Å². The molecular formula is C64H40Se. The Morgan fingerprint density at radius 3 is 1.05 bits per heavy atom. The maximum absolute atomic E-state index is 2.49. The molecule has 0 atom stereocenters. The van der Waals surface area contributed by atoms with E-state index in [0.29, 0.717) is 0 Å². The van der Waals surface area contributed by atoms with E-state index in [9.17, 15) is 0 Å². The van der Waals surface area contributed by atoms with Crippen molar-refractivity contribution < 1.29 is 0 Å². The summed E-state index contributed by atoms with van der Waals surface area (Å²) in [5, 5.41) is 12.9. The van der Waals surface area contributed by atoms with Crippen LogP contribution in [0.4, 0.5) is 0 Å².